The van der Waals surface area contributed by atoms with E-state index in [0.29, 0.717) is 47.9 Å². The topological polar surface area (TPSA) is 121 Å². The number of piperidine rings is 1. The molecule has 2 aromatic rings. The highest BCUT2D eigenvalue weighted by atomic mass is 32.2. The lowest BCUT2D eigenvalue weighted by atomic mass is 9.97. The number of sulfonamides is 1. The average molecular weight is 466 g/mol. The molecule has 0 unspecified atom stereocenters. The number of hydrogen-bond acceptors (Lipinski definition) is 7. The Bertz CT molecular complexity index is 1060. The highest BCUT2D eigenvalue weighted by Gasteiger charge is 2.27. The Balaban J connectivity index is 1.55. The van der Waals surface area contributed by atoms with Crippen LogP contribution < -0.4 is 10.0 Å². The molecule has 0 bridgehead atoms. The zero-order valence-electron chi connectivity index (χ0n) is 17.8. The van der Waals surface area contributed by atoms with E-state index in [1.54, 1.807) is 37.8 Å². The molecular formula is C20H27N5O4S2. The average Bonchev–Trinajstić information content (AvgIpc) is 3.17. The summed E-state index contributed by atoms with van der Waals surface area (Å²) in [5, 5.41) is 6.62. The van der Waals surface area contributed by atoms with Crippen LogP contribution in [0.5, 0.6) is 0 Å². The first-order valence-corrected chi connectivity index (χ1v) is 12.4. The smallest absolute Gasteiger partial charge is 0.267 e. The van der Waals surface area contributed by atoms with Crippen LogP contribution >= 0.6 is 11.5 Å². The van der Waals surface area contributed by atoms with Crippen LogP contribution in [0, 0.1) is 19.8 Å². The lowest BCUT2D eigenvalue weighted by Crippen LogP contribution is -2.41. The molecule has 0 aliphatic carbocycles. The third-order valence-corrected chi connectivity index (χ3v) is 7.78. The van der Waals surface area contributed by atoms with Crippen LogP contribution in [0.25, 0.3) is 0 Å². The van der Waals surface area contributed by atoms with Gasteiger partial charge in [-0.15, -0.1) is 5.10 Å². The van der Waals surface area contributed by atoms with Gasteiger partial charge in [-0.1, -0.05) is 11.4 Å². The van der Waals surface area contributed by atoms with Gasteiger partial charge in [-0.25, -0.2) is 13.1 Å². The molecule has 1 aromatic heterocycles. The minimum atomic E-state index is -3.67. The van der Waals surface area contributed by atoms with Crippen LogP contribution in [0.15, 0.2) is 23.1 Å². The second kappa shape index (κ2) is 9.84. The summed E-state index contributed by atoms with van der Waals surface area (Å²) in [5.74, 6) is -0.0277. The summed E-state index contributed by atoms with van der Waals surface area (Å²) >= 11 is 1.10. The lowest BCUT2D eigenvalue weighted by Gasteiger charge is -2.31. The molecule has 0 radical (unpaired) electrons. The predicted octanol–water partition coefficient (Wildman–Crippen LogP) is 2.33. The summed E-state index contributed by atoms with van der Waals surface area (Å²) in [4.78, 5) is 26.6. The van der Waals surface area contributed by atoms with Crippen molar-refractivity contribution in [1.29, 1.82) is 0 Å². The SMILES string of the molecule is CCC(=O)Nc1ccc(S(=O)(=O)NCC2CCN(C(=O)c3snnc3C)CC2)c(C)c1. The molecule has 0 saturated carbocycles. The minimum absolute atomic E-state index is 0.0580. The van der Waals surface area contributed by atoms with E-state index in [-0.39, 0.29) is 22.6 Å². The van der Waals surface area contributed by atoms with Crippen LogP contribution in [0.3, 0.4) is 0 Å². The molecule has 2 amide bonds. The molecule has 1 aliphatic rings. The number of likely N-dealkylation sites (tertiary alicyclic amines) is 1. The van der Waals surface area contributed by atoms with Gasteiger partial charge in [-0.3, -0.25) is 9.59 Å². The summed E-state index contributed by atoms with van der Waals surface area (Å²) < 4.78 is 32.1. The number of anilines is 1. The number of carbonyl (C=O) groups excluding carboxylic acids is 2. The van der Waals surface area contributed by atoms with Crippen molar-refractivity contribution in [3.05, 3.63) is 34.3 Å². The van der Waals surface area contributed by atoms with E-state index in [9.17, 15) is 18.0 Å². The van der Waals surface area contributed by atoms with Crippen LogP contribution in [0.2, 0.25) is 0 Å². The van der Waals surface area contributed by atoms with Gasteiger partial charge in [0, 0.05) is 31.7 Å². The molecule has 9 nitrogen and oxygen atoms in total. The number of aromatic nitrogens is 2. The van der Waals surface area contributed by atoms with Gasteiger partial charge in [0.1, 0.15) is 4.88 Å². The largest absolute Gasteiger partial charge is 0.338 e. The summed E-state index contributed by atoms with van der Waals surface area (Å²) in [5.41, 5.74) is 1.78. The monoisotopic (exact) mass is 465 g/mol. The zero-order chi connectivity index (χ0) is 22.6. The number of rotatable bonds is 7. The number of benzene rings is 1. The van der Waals surface area contributed by atoms with E-state index in [2.05, 4.69) is 19.6 Å². The third-order valence-electron chi connectivity index (χ3n) is 5.38. The highest BCUT2D eigenvalue weighted by Crippen LogP contribution is 2.23. The molecule has 1 saturated heterocycles. The molecule has 3 rings (SSSR count). The predicted molar refractivity (Wildman–Crippen MR) is 119 cm³/mol. The summed E-state index contributed by atoms with van der Waals surface area (Å²) in [6, 6.07) is 4.76. The van der Waals surface area contributed by atoms with E-state index >= 15 is 0 Å². The van der Waals surface area contributed by atoms with Gasteiger partial charge in [-0.2, -0.15) is 0 Å². The summed E-state index contributed by atoms with van der Waals surface area (Å²) in [6.45, 7) is 6.70. The van der Waals surface area contributed by atoms with Gasteiger partial charge in [0.2, 0.25) is 15.9 Å². The number of carbonyl (C=O) groups is 2. The van der Waals surface area contributed by atoms with E-state index in [1.807, 2.05) is 0 Å². The maximum atomic E-state index is 12.8. The van der Waals surface area contributed by atoms with Crippen molar-refractivity contribution in [2.75, 3.05) is 25.0 Å². The van der Waals surface area contributed by atoms with Crippen molar-refractivity contribution < 1.29 is 18.0 Å². The number of hydrogen-bond donors (Lipinski definition) is 2. The van der Waals surface area contributed by atoms with Gasteiger partial charge < -0.3 is 10.2 Å². The molecule has 168 valence electrons. The van der Waals surface area contributed by atoms with E-state index < -0.39 is 10.0 Å². The lowest BCUT2D eigenvalue weighted by molar-refractivity contribution is -0.115. The van der Waals surface area contributed by atoms with E-state index in [4.69, 9.17) is 0 Å². The van der Waals surface area contributed by atoms with Crippen LogP contribution in [-0.4, -0.2) is 54.4 Å². The first-order valence-electron chi connectivity index (χ1n) is 10.2. The Morgan fingerprint density at radius 2 is 1.94 bits per heavy atom. The first kappa shape index (κ1) is 23.3. The van der Waals surface area contributed by atoms with Crippen molar-refractivity contribution in [3.63, 3.8) is 0 Å². The van der Waals surface area contributed by atoms with Gasteiger partial charge in [0.15, 0.2) is 0 Å². The fraction of sp³-hybridized carbons (Fsp3) is 0.500. The van der Waals surface area contributed by atoms with Gasteiger partial charge in [0.25, 0.3) is 5.91 Å². The number of aryl methyl sites for hydroxylation is 2. The normalized spacial score (nSPS) is 15.1. The molecule has 0 atom stereocenters. The molecule has 2 N–H and O–H groups in total. The third kappa shape index (κ3) is 5.66. The minimum Gasteiger partial charge on any atom is -0.338 e. The van der Waals surface area contributed by atoms with Gasteiger partial charge >= 0.3 is 0 Å². The molecular weight excluding hydrogens is 438 g/mol. The molecule has 31 heavy (non-hydrogen) atoms. The van der Waals surface area contributed by atoms with Crippen molar-refractivity contribution in [2.45, 2.75) is 44.9 Å². The zero-order valence-corrected chi connectivity index (χ0v) is 19.5. The highest BCUT2D eigenvalue weighted by molar-refractivity contribution is 7.89. The van der Waals surface area contributed by atoms with Crippen molar-refractivity contribution >= 4 is 39.1 Å². The summed E-state index contributed by atoms with van der Waals surface area (Å²) in [6.07, 6.45) is 1.80. The number of nitrogens with one attached hydrogen (secondary N) is 2. The molecule has 2 heterocycles. The fourth-order valence-electron chi connectivity index (χ4n) is 3.49. The Morgan fingerprint density at radius 1 is 1.23 bits per heavy atom. The fourth-order valence-corrected chi connectivity index (χ4v) is 5.46. The second-order valence-corrected chi connectivity index (χ2v) is 10.1. The molecule has 0 spiro atoms. The Kier molecular flexibility index (Phi) is 7.39. The second-order valence-electron chi connectivity index (χ2n) is 7.66. The van der Waals surface area contributed by atoms with Gasteiger partial charge in [0.05, 0.1) is 10.6 Å². The van der Waals surface area contributed by atoms with Crippen molar-refractivity contribution in [1.82, 2.24) is 19.2 Å². The molecule has 11 heteroatoms. The standard InChI is InChI=1S/C20H27N5O4S2/c1-4-18(26)22-16-5-6-17(13(2)11-16)31(28,29)21-12-15-7-9-25(10-8-15)20(27)19-14(3)23-24-30-19/h5-6,11,15,21H,4,7-10,12H2,1-3H3,(H,22,26). The Hall–Kier alpha value is -2.37. The Labute approximate surface area is 186 Å². The first-order chi connectivity index (χ1) is 14.7. The number of amides is 2. The molecule has 1 fully saturated rings. The van der Waals surface area contributed by atoms with Crippen LogP contribution in [-0.2, 0) is 14.8 Å². The maximum absolute atomic E-state index is 12.8. The maximum Gasteiger partial charge on any atom is 0.267 e. The van der Waals surface area contributed by atoms with E-state index in [0.717, 1.165) is 24.4 Å². The van der Waals surface area contributed by atoms with Crippen molar-refractivity contribution in [3.8, 4) is 0 Å². The molecule has 1 aliphatic heterocycles. The Morgan fingerprint density at radius 3 is 2.52 bits per heavy atom. The van der Waals surface area contributed by atoms with Crippen LogP contribution in [0.4, 0.5) is 5.69 Å². The molecule has 1 aromatic carbocycles. The van der Waals surface area contributed by atoms with Crippen molar-refractivity contribution in [2.24, 2.45) is 5.92 Å². The quantitative estimate of drug-likeness (QED) is 0.647. The van der Waals surface area contributed by atoms with E-state index in [1.165, 1.54) is 6.07 Å². The summed E-state index contributed by atoms with van der Waals surface area (Å²) in [7, 11) is -3.67. The van der Waals surface area contributed by atoms with Gasteiger partial charge in [-0.05, 0) is 67.9 Å². The number of nitrogens with zero attached hydrogens (tertiary/aromatic N) is 3. The van der Waals surface area contributed by atoms with Crippen LogP contribution in [0.1, 0.15) is 47.1 Å².